The molecular weight excluding hydrogens is 613 g/mol. The molecule has 12 nitrogen and oxygen atoms in total. The summed E-state index contributed by atoms with van der Waals surface area (Å²) in [5.41, 5.74) is 10.0. The Bertz CT molecular complexity index is 2010. The number of aromatic nitrogens is 3. The van der Waals surface area contributed by atoms with Crippen molar-refractivity contribution in [1.29, 1.82) is 5.26 Å². The predicted octanol–water partition coefficient (Wildman–Crippen LogP) is 2.79. The molecule has 1 aliphatic heterocycles. The number of benzene rings is 1. The monoisotopic (exact) mass is 640 g/mol. The number of fused-ring (bicyclic) bond motifs is 3. The van der Waals surface area contributed by atoms with Crippen LogP contribution in [0.2, 0.25) is 0 Å². The van der Waals surface area contributed by atoms with Gasteiger partial charge < -0.3 is 10.8 Å². The van der Waals surface area contributed by atoms with Crippen LogP contribution in [0.4, 0.5) is 0 Å². The minimum atomic E-state index is -4.31. The molecule has 0 fully saturated rings. The molecule has 0 radical (unpaired) electrons. The lowest BCUT2D eigenvalue weighted by molar-refractivity contribution is -0.137. The number of nitrogens with zero attached hydrogens (tertiary/aromatic N) is 5. The molecule has 0 amide bonds. The normalized spacial score (nSPS) is 19.7. The zero-order valence-corrected chi connectivity index (χ0v) is 26.3. The summed E-state index contributed by atoms with van der Waals surface area (Å²) in [6.45, 7) is 5.77. The minimum absolute atomic E-state index is 0.179. The number of rotatable bonds is 6. The van der Waals surface area contributed by atoms with Crippen molar-refractivity contribution in [3.8, 4) is 11.1 Å². The van der Waals surface area contributed by atoms with Crippen LogP contribution in [-0.2, 0) is 24.5 Å². The smallest absolute Gasteiger partial charge is 0.306 e. The Balaban J connectivity index is 1.65. The van der Waals surface area contributed by atoms with Gasteiger partial charge in [-0.1, -0.05) is 30.3 Å². The van der Waals surface area contributed by atoms with Gasteiger partial charge in [-0.15, -0.1) is 21.5 Å². The van der Waals surface area contributed by atoms with Crippen LogP contribution in [0.1, 0.15) is 51.2 Å². The molecule has 3 N–H and O–H groups in total. The second-order valence-corrected chi connectivity index (χ2v) is 16.5. The van der Waals surface area contributed by atoms with Crippen LogP contribution >= 0.6 is 11.3 Å². The maximum atomic E-state index is 12.7. The molecule has 1 aromatic carbocycles. The number of thiophene rings is 1. The van der Waals surface area contributed by atoms with E-state index in [9.17, 15) is 32.0 Å². The zero-order valence-electron chi connectivity index (χ0n) is 23.9. The topological polar surface area (TPSA) is 198 Å². The van der Waals surface area contributed by atoms with E-state index in [1.165, 1.54) is 17.4 Å². The van der Waals surface area contributed by atoms with Crippen molar-refractivity contribution in [1.82, 2.24) is 14.8 Å². The second-order valence-electron chi connectivity index (χ2n) is 10.6. The Morgan fingerprint density at radius 2 is 1.70 bits per heavy atom. The highest BCUT2D eigenvalue weighted by molar-refractivity contribution is 8.10. The molecule has 3 aromatic rings. The first kappa shape index (κ1) is 30.3. The Morgan fingerprint density at radius 3 is 2.26 bits per heavy atom. The summed E-state index contributed by atoms with van der Waals surface area (Å²) in [5.74, 6) is -1.66. The molecule has 0 saturated heterocycles. The van der Waals surface area contributed by atoms with Crippen LogP contribution in [0.15, 0.2) is 47.1 Å². The molecule has 0 bridgehead atoms. The standard InChI is InChI=1S/C28H28N6O6S3/c1-14-15(2)41-27-23(14)25(31-21(12-22(35)36)26-33-32-16(3)34(26)27)18-8-6-17(7-9-18)19-10-11-28(42(4,37)38,43(5,39)40)20(13-29)24(19)30/h6-11,20-21H,12,30H2,1-5H3,(H,35,36)/t20?,21-/m0/s1. The molecule has 5 rings (SSSR count). The van der Waals surface area contributed by atoms with Crippen LogP contribution in [0, 0.1) is 38.0 Å². The van der Waals surface area contributed by atoms with Crippen LogP contribution in [0.5, 0.6) is 0 Å². The van der Waals surface area contributed by atoms with Crippen molar-refractivity contribution in [3.05, 3.63) is 80.9 Å². The van der Waals surface area contributed by atoms with E-state index in [-0.39, 0.29) is 12.1 Å². The minimum Gasteiger partial charge on any atom is -0.481 e. The lowest BCUT2D eigenvalue weighted by atomic mass is 9.88. The summed E-state index contributed by atoms with van der Waals surface area (Å²) in [6, 6.07) is 7.97. The predicted molar refractivity (Wildman–Crippen MR) is 162 cm³/mol. The highest BCUT2D eigenvalue weighted by Gasteiger charge is 2.57. The van der Waals surface area contributed by atoms with Crippen molar-refractivity contribution in [2.45, 2.75) is 37.3 Å². The first-order valence-corrected chi connectivity index (χ1v) is 17.5. The maximum absolute atomic E-state index is 12.7. The molecule has 2 aliphatic rings. The van der Waals surface area contributed by atoms with Crippen LogP contribution in [-0.4, -0.2) is 65.0 Å². The Hall–Kier alpha value is -4.13. The van der Waals surface area contributed by atoms with Crippen molar-refractivity contribution >= 4 is 48.3 Å². The number of nitrogens with two attached hydrogens (primary N) is 1. The Kier molecular flexibility index (Phi) is 7.23. The van der Waals surface area contributed by atoms with Crippen molar-refractivity contribution in [2.75, 3.05) is 12.5 Å². The summed E-state index contributed by atoms with van der Waals surface area (Å²) < 4.78 is 50.3. The summed E-state index contributed by atoms with van der Waals surface area (Å²) >= 11 is 1.54. The van der Waals surface area contributed by atoms with Crippen LogP contribution in [0.25, 0.3) is 10.6 Å². The van der Waals surface area contributed by atoms with Gasteiger partial charge in [-0.25, -0.2) is 16.8 Å². The van der Waals surface area contributed by atoms with Gasteiger partial charge in [0.25, 0.3) is 0 Å². The number of carboxylic acid groups (broad SMARTS) is 1. The van der Waals surface area contributed by atoms with E-state index in [0.717, 1.165) is 39.6 Å². The molecule has 224 valence electrons. The number of carbonyl (C=O) groups is 1. The molecule has 15 heteroatoms. The lowest BCUT2D eigenvalue weighted by Crippen LogP contribution is -2.52. The molecule has 2 atom stereocenters. The van der Waals surface area contributed by atoms with E-state index < -0.39 is 41.7 Å². The van der Waals surface area contributed by atoms with Gasteiger partial charge in [0.2, 0.25) is 4.08 Å². The molecule has 0 spiro atoms. The second kappa shape index (κ2) is 10.2. The van der Waals surface area contributed by atoms with Gasteiger partial charge in [0.05, 0.1) is 18.2 Å². The number of carboxylic acids is 1. The van der Waals surface area contributed by atoms with Gasteiger partial charge >= 0.3 is 5.97 Å². The fourth-order valence-electron chi connectivity index (χ4n) is 5.63. The van der Waals surface area contributed by atoms with Gasteiger partial charge in [0, 0.05) is 39.8 Å². The third-order valence-electron chi connectivity index (χ3n) is 7.87. The summed E-state index contributed by atoms with van der Waals surface area (Å²) in [4.78, 5) is 17.8. The fourth-order valence-corrected chi connectivity index (χ4v) is 10.9. The maximum Gasteiger partial charge on any atom is 0.306 e. The third kappa shape index (κ3) is 4.60. The molecular formula is C28H28N6O6S3. The van der Waals surface area contributed by atoms with E-state index in [1.54, 1.807) is 37.3 Å². The SMILES string of the molecule is Cc1sc2c(c1C)C(c1ccc(C3=C(N)C(C#N)C(S(C)(=O)=O)(S(C)(=O)=O)C=C3)cc1)=N[C@@H](CC(=O)O)c1nnc(C)n1-2. The largest absolute Gasteiger partial charge is 0.481 e. The average Bonchev–Trinajstić information content (AvgIpc) is 3.39. The van der Waals surface area contributed by atoms with Gasteiger partial charge in [0.1, 0.15) is 22.8 Å². The van der Waals surface area contributed by atoms with Gasteiger partial charge in [-0.3, -0.25) is 14.4 Å². The third-order valence-corrected chi connectivity index (χ3v) is 13.9. The number of allylic oxidation sites excluding steroid dienone is 3. The molecule has 43 heavy (non-hydrogen) atoms. The number of hydrogen-bond donors (Lipinski definition) is 2. The van der Waals surface area contributed by atoms with E-state index >= 15 is 0 Å². The van der Waals surface area contributed by atoms with Crippen molar-refractivity contribution in [3.63, 3.8) is 0 Å². The van der Waals surface area contributed by atoms with Gasteiger partial charge in [-0.05, 0) is 38.0 Å². The van der Waals surface area contributed by atoms with E-state index in [1.807, 2.05) is 18.4 Å². The first-order chi connectivity index (χ1) is 20.0. The molecule has 1 aliphatic carbocycles. The van der Waals surface area contributed by atoms with E-state index in [0.29, 0.717) is 34.1 Å². The molecule has 2 aromatic heterocycles. The molecule has 0 saturated carbocycles. The van der Waals surface area contributed by atoms with Crippen LogP contribution in [0.3, 0.4) is 0 Å². The quantitative estimate of drug-likeness (QED) is 0.404. The summed E-state index contributed by atoms with van der Waals surface area (Å²) in [6.07, 6.45) is 3.60. The zero-order chi connectivity index (χ0) is 31.6. The fraction of sp³-hybridized carbons (Fsp3) is 0.321. The van der Waals surface area contributed by atoms with Crippen molar-refractivity contribution in [2.24, 2.45) is 16.6 Å². The average molecular weight is 641 g/mol. The van der Waals surface area contributed by atoms with Gasteiger partial charge in [-0.2, -0.15) is 5.26 Å². The lowest BCUT2D eigenvalue weighted by Gasteiger charge is -2.35. The van der Waals surface area contributed by atoms with Crippen molar-refractivity contribution < 1.29 is 26.7 Å². The number of aliphatic imine (C=N–C) groups is 1. The van der Waals surface area contributed by atoms with E-state index in [4.69, 9.17) is 10.7 Å². The number of hydrogen-bond acceptors (Lipinski definition) is 11. The van der Waals surface area contributed by atoms with E-state index in [2.05, 4.69) is 10.2 Å². The highest BCUT2D eigenvalue weighted by Crippen LogP contribution is 2.43. The molecule has 3 heterocycles. The number of aliphatic carboxylic acids is 1. The number of aryl methyl sites for hydroxylation is 2. The van der Waals surface area contributed by atoms with Crippen LogP contribution < -0.4 is 5.73 Å². The number of nitriles is 1. The Morgan fingerprint density at radius 1 is 1.09 bits per heavy atom. The number of sulfone groups is 2. The van der Waals surface area contributed by atoms with Gasteiger partial charge in [0.15, 0.2) is 25.5 Å². The summed E-state index contributed by atoms with van der Waals surface area (Å²) in [5, 5.41) is 28.9. The Labute approximate surface area is 252 Å². The highest BCUT2D eigenvalue weighted by atomic mass is 32.3. The molecule has 1 unspecified atom stereocenters. The summed E-state index contributed by atoms with van der Waals surface area (Å²) in [7, 11) is -8.63. The first-order valence-electron chi connectivity index (χ1n) is 12.9.